The first-order valence-electron chi connectivity index (χ1n) is 8.08. The highest BCUT2D eigenvalue weighted by Gasteiger charge is 2.18. The molecule has 2 aromatic rings. The molecule has 0 unspecified atom stereocenters. The highest BCUT2D eigenvalue weighted by molar-refractivity contribution is 5.57. The summed E-state index contributed by atoms with van der Waals surface area (Å²) in [6.45, 7) is 2.40. The Morgan fingerprint density at radius 2 is 2.08 bits per heavy atom. The fraction of sp³-hybridized carbons (Fsp3) is 0.444. The topological polar surface area (TPSA) is 67.6 Å². The lowest BCUT2D eigenvalue weighted by atomic mass is 10.1. The van der Waals surface area contributed by atoms with Gasteiger partial charge >= 0.3 is 0 Å². The maximum absolute atomic E-state index is 8.36. The minimum absolute atomic E-state index is 0.250. The first-order chi connectivity index (χ1) is 11.7. The molecule has 0 radical (unpaired) electrons. The van der Waals surface area contributed by atoms with Crippen LogP contribution in [0.4, 0.5) is 0 Å². The summed E-state index contributed by atoms with van der Waals surface area (Å²) in [7, 11) is 4.19. The molecule has 130 valence electrons. The second kappa shape index (κ2) is 9.20. The first-order valence-corrected chi connectivity index (χ1v) is 8.08. The van der Waals surface area contributed by atoms with Crippen LogP contribution in [-0.4, -0.2) is 53.3 Å². The van der Waals surface area contributed by atoms with Crippen LogP contribution < -0.4 is 0 Å². The molecule has 1 aromatic carbocycles. The van der Waals surface area contributed by atoms with Gasteiger partial charge in [-0.3, -0.25) is 4.79 Å². The number of hydrogen-bond acceptors (Lipinski definition) is 4. The molecule has 6 heteroatoms. The summed E-state index contributed by atoms with van der Waals surface area (Å²) < 4.78 is 7.78. The quantitative estimate of drug-likeness (QED) is 0.873. The summed E-state index contributed by atoms with van der Waals surface area (Å²) in [4.78, 5) is 15.1. The fourth-order valence-corrected chi connectivity index (χ4v) is 2.97. The molecule has 24 heavy (non-hydrogen) atoms. The zero-order valence-corrected chi connectivity index (χ0v) is 14.3. The van der Waals surface area contributed by atoms with E-state index in [9.17, 15) is 0 Å². The lowest BCUT2D eigenvalue weighted by Crippen LogP contribution is -2.19. The molecule has 1 N–H and O–H groups in total. The van der Waals surface area contributed by atoms with Gasteiger partial charge in [0.1, 0.15) is 5.82 Å². The van der Waals surface area contributed by atoms with Gasteiger partial charge in [-0.05, 0) is 38.6 Å². The van der Waals surface area contributed by atoms with Crippen LogP contribution >= 0.6 is 0 Å². The van der Waals surface area contributed by atoms with Crippen LogP contribution in [0.2, 0.25) is 0 Å². The number of carboxylic acid groups (broad SMARTS) is 1. The van der Waals surface area contributed by atoms with Crippen LogP contribution in [-0.2, 0) is 16.1 Å². The summed E-state index contributed by atoms with van der Waals surface area (Å²) in [6, 6.07) is 9.20. The molecular formula is C18H25N3O3. The van der Waals surface area contributed by atoms with Gasteiger partial charge in [0.2, 0.25) is 0 Å². The third kappa shape index (κ3) is 4.91. The Balaban J connectivity index is 0.000000647. The van der Waals surface area contributed by atoms with E-state index in [1.54, 1.807) is 0 Å². The minimum atomic E-state index is -0.250. The number of benzene rings is 1. The van der Waals surface area contributed by atoms with E-state index in [2.05, 4.69) is 59.0 Å². The van der Waals surface area contributed by atoms with Crippen molar-refractivity contribution in [2.45, 2.75) is 25.4 Å². The highest BCUT2D eigenvalue weighted by Crippen LogP contribution is 2.27. The lowest BCUT2D eigenvalue weighted by molar-refractivity contribution is -0.122. The summed E-state index contributed by atoms with van der Waals surface area (Å²) in [5.74, 6) is 1.07. The van der Waals surface area contributed by atoms with Crippen molar-refractivity contribution in [2.24, 2.45) is 0 Å². The molecule has 0 aliphatic carbocycles. The highest BCUT2D eigenvalue weighted by atomic mass is 16.5. The number of rotatable bonds is 4. The Labute approximate surface area is 142 Å². The van der Waals surface area contributed by atoms with E-state index in [1.165, 1.54) is 11.1 Å². The molecule has 1 aliphatic rings. The van der Waals surface area contributed by atoms with Gasteiger partial charge in [-0.25, -0.2) is 4.98 Å². The number of ether oxygens (including phenoxy) is 1. The largest absolute Gasteiger partial charge is 0.483 e. The second-order valence-electron chi connectivity index (χ2n) is 6.05. The number of hydrogen-bond donors (Lipinski definition) is 1. The number of imidazole rings is 1. The van der Waals surface area contributed by atoms with Crippen molar-refractivity contribution in [1.82, 2.24) is 14.5 Å². The van der Waals surface area contributed by atoms with E-state index in [1.807, 2.05) is 6.20 Å². The predicted octanol–water partition coefficient (Wildman–Crippen LogP) is 2.66. The van der Waals surface area contributed by atoms with Gasteiger partial charge in [-0.1, -0.05) is 18.2 Å². The van der Waals surface area contributed by atoms with E-state index < -0.39 is 0 Å². The molecule has 0 spiro atoms. The maximum Gasteiger partial charge on any atom is 0.290 e. The van der Waals surface area contributed by atoms with Gasteiger partial charge in [0, 0.05) is 43.8 Å². The number of carbonyl (C=O) groups is 1. The second-order valence-corrected chi connectivity index (χ2v) is 6.05. The average molecular weight is 331 g/mol. The van der Waals surface area contributed by atoms with Crippen molar-refractivity contribution in [3.05, 3.63) is 42.2 Å². The Bertz CT molecular complexity index is 634. The maximum atomic E-state index is 8.36. The van der Waals surface area contributed by atoms with Crippen molar-refractivity contribution < 1.29 is 14.6 Å². The molecule has 1 aliphatic heterocycles. The van der Waals surface area contributed by atoms with Crippen molar-refractivity contribution >= 4 is 6.47 Å². The van der Waals surface area contributed by atoms with Gasteiger partial charge < -0.3 is 19.3 Å². The first kappa shape index (κ1) is 18.2. The molecule has 1 saturated heterocycles. The molecule has 3 rings (SSSR count). The summed E-state index contributed by atoms with van der Waals surface area (Å²) in [5.41, 5.74) is 2.52. The van der Waals surface area contributed by atoms with Crippen LogP contribution in [0.5, 0.6) is 0 Å². The van der Waals surface area contributed by atoms with E-state index in [4.69, 9.17) is 14.6 Å². The van der Waals surface area contributed by atoms with Gasteiger partial charge in [-0.15, -0.1) is 0 Å². The molecule has 2 heterocycles. The van der Waals surface area contributed by atoms with Gasteiger partial charge in [0.25, 0.3) is 6.47 Å². The lowest BCUT2D eigenvalue weighted by Gasteiger charge is -2.25. The molecule has 1 aromatic heterocycles. The van der Waals surface area contributed by atoms with Crippen molar-refractivity contribution in [1.29, 1.82) is 0 Å². The molecule has 6 nitrogen and oxygen atoms in total. The average Bonchev–Trinajstić information content (AvgIpc) is 3.06. The SMILES string of the molecule is CN(C)Cc1cccc(-c2nccn2C2CCOCC2)c1.O=CO. The standard InChI is InChI=1S/C17H23N3O.CH2O2/c1-19(2)13-14-4-3-5-15(12-14)17-18-8-9-20(17)16-6-10-21-11-7-16;2-1-3/h3-5,8-9,12,16H,6-7,10-11,13H2,1-2H3;1H,(H,2,3). The third-order valence-corrected chi connectivity index (χ3v) is 3.94. The predicted molar refractivity (Wildman–Crippen MR) is 92.8 cm³/mol. The molecule has 0 atom stereocenters. The Hall–Kier alpha value is -2.18. The van der Waals surface area contributed by atoms with Crippen LogP contribution in [0.1, 0.15) is 24.4 Å². The Kier molecular flexibility index (Phi) is 6.96. The minimum Gasteiger partial charge on any atom is -0.483 e. The normalized spacial score (nSPS) is 15.0. The van der Waals surface area contributed by atoms with Crippen LogP contribution in [0.25, 0.3) is 11.4 Å². The van der Waals surface area contributed by atoms with Crippen LogP contribution in [0.15, 0.2) is 36.7 Å². The smallest absolute Gasteiger partial charge is 0.290 e. The Morgan fingerprint density at radius 3 is 2.75 bits per heavy atom. The van der Waals surface area contributed by atoms with Crippen molar-refractivity contribution in [3.8, 4) is 11.4 Å². The molecule has 0 bridgehead atoms. The fourth-order valence-electron chi connectivity index (χ4n) is 2.97. The van der Waals surface area contributed by atoms with Crippen molar-refractivity contribution in [3.63, 3.8) is 0 Å². The molecule has 0 saturated carbocycles. The summed E-state index contributed by atoms with van der Waals surface area (Å²) >= 11 is 0. The third-order valence-electron chi connectivity index (χ3n) is 3.94. The van der Waals surface area contributed by atoms with E-state index >= 15 is 0 Å². The van der Waals surface area contributed by atoms with Gasteiger partial charge in [0.05, 0.1) is 0 Å². The molecule has 1 fully saturated rings. The van der Waals surface area contributed by atoms with E-state index in [-0.39, 0.29) is 6.47 Å². The monoisotopic (exact) mass is 331 g/mol. The van der Waals surface area contributed by atoms with E-state index in [0.29, 0.717) is 6.04 Å². The van der Waals surface area contributed by atoms with Gasteiger partial charge in [0.15, 0.2) is 0 Å². The van der Waals surface area contributed by atoms with Crippen LogP contribution in [0.3, 0.4) is 0 Å². The summed E-state index contributed by atoms with van der Waals surface area (Å²) in [5, 5.41) is 6.89. The Morgan fingerprint density at radius 1 is 1.38 bits per heavy atom. The zero-order chi connectivity index (χ0) is 17.4. The summed E-state index contributed by atoms with van der Waals surface area (Å²) in [6.07, 6.45) is 6.15. The number of aromatic nitrogens is 2. The molecular weight excluding hydrogens is 306 g/mol. The van der Waals surface area contributed by atoms with E-state index in [0.717, 1.165) is 38.4 Å². The number of nitrogens with zero attached hydrogens (tertiary/aromatic N) is 3. The van der Waals surface area contributed by atoms with Crippen molar-refractivity contribution in [2.75, 3.05) is 27.3 Å². The molecule has 0 amide bonds. The van der Waals surface area contributed by atoms with Gasteiger partial charge in [-0.2, -0.15) is 0 Å². The zero-order valence-electron chi connectivity index (χ0n) is 14.3. The van der Waals surface area contributed by atoms with Crippen LogP contribution in [0, 0.1) is 0 Å².